The lowest BCUT2D eigenvalue weighted by atomic mass is 10.2. The SMILES string of the molecule is CCCCN(c1ccccc1)c1nc(C(N)C(=O)O)cs1. The van der Waals surface area contributed by atoms with Gasteiger partial charge in [0.2, 0.25) is 0 Å². The third-order valence-electron chi connectivity index (χ3n) is 3.13. The van der Waals surface area contributed by atoms with Gasteiger partial charge in [0.25, 0.3) is 0 Å². The molecule has 0 aliphatic heterocycles. The second-order valence-electron chi connectivity index (χ2n) is 4.71. The number of hydrogen-bond acceptors (Lipinski definition) is 5. The van der Waals surface area contributed by atoms with Crippen LogP contribution in [0.4, 0.5) is 10.8 Å². The molecule has 0 saturated heterocycles. The monoisotopic (exact) mass is 305 g/mol. The molecule has 1 aromatic heterocycles. The molecule has 1 atom stereocenters. The second-order valence-corrected chi connectivity index (χ2v) is 5.55. The molecule has 6 heteroatoms. The molecule has 3 N–H and O–H groups in total. The summed E-state index contributed by atoms with van der Waals surface area (Å²) < 4.78 is 0. The van der Waals surface area contributed by atoms with Crippen LogP contribution in [0.15, 0.2) is 35.7 Å². The average molecular weight is 305 g/mol. The number of aromatic nitrogens is 1. The number of aliphatic carboxylic acids is 1. The molecule has 1 unspecified atom stereocenters. The van der Waals surface area contributed by atoms with E-state index in [-0.39, 0.29) is 0 Å². The van der Waals surface area contributed by atoms with Crippen LogP contribution in [-0.2, 0) is 4.79 Å². The molecular formula is C15H19N3O2S. The first kappa shape index (κ1) is 15.5. The van der Waals surface area contributed by atoms with Crippen molar-refractivity contribution in [1.82, 2.24) is 4.98 Å². The summed E-state index contributed by atoms with van der Waals surface area (Å²) >= 11 is 1.42. The summed E-state index contributed by atoms with van der Waals surface area (Å²) in [5.41, 5.74) is 7.07. The van der Waals surface area contributed by atoms with Crippen molar-refractivity contribution in [3.8, 4) is 0 Å². The van der Waals surface area contributed by atoms with Gasteiger partial charge in [-0.2, -0.15) is 0 Å². The summed E-state index contributed by atoms with van der Waals surface area (Å²) in [6, 6.07) is 8.90. The Hall–Kier alpha value is -1.92. The van der Waals surface area contributed by atoms with Gasteiger partial charge in [0, 0.05) is 17.6 Å². The number of carbonyl (C=O) groups is 1. The van der Waals surface area contributed by atoms with Gasteiger partial charge in [0.15, 0.2) is 5.13 Å². The van der Waals surface area contributed by atoms with E-state index in [1.165, 1.54) is 11.3 Å². The number of thiazole rings is 1. The van der Waals surface area contributed by atoms with Crippen molar-refractivity contribution in [2.45, 2.75) is 25.8 Å². The van der Waals surface area contributed by atoms with E-state index in [0.717, 1.165) is 30.2 Å². The third kappa shape index (κ3) is 3.80. The summed E-state index contributed by atoms with van der Waals surface area (Å²) in [4.78, 5) is 17.4. The zero-order chi connectivity index (χ0) is 15.2. The summed E-state index contributed by atoms with van der Waals surface area (Å²) in [5, 5.41) is 11.5. The Kier molecular flexibility index (Phi) is 5.30. The molecule has 112 valence electrons. The molecule has 0 aliphatic rings. The van der Waals surface area contributed by atoms with Crippen molar-refractivity contribution in [2.24, 2.45) is 5.73 Å². The van der Waals surface area contributed by atoms with Crippen molar-refractivity contribution >= 4 is 28.1 Å². The van der Waals surface area contributed by atoms with Crippen molar-refractivity contribution in [3.05, 3.63) is 41.4 Å². The quantitative estimate of drug-likeness (QED) is 0.821. The smallest absolute Gasteiger partial charge is 0.326 e. The van der Waals surface area contributed by atoms with E-state index in [9.17, 15) is 4.79 Å². The molecular weight excluding hydrogens is 286 g/mol. The van der Waals surface area contributed by atoms with Gasteiger partial charge in [-0.15, -0.1) is 11.3 Å². The van der Waals surface area contributed by atoms with Gasteiger partial charge in [-0.3, -0.25) is 4.79 Å². The van der Waals surface area contributed by atoms with Gasteiger partial charge >= 0.3 is 5.97 Å². The van der Waals surface area contributed by atoms with E-state index in [4.69, 9.17) is 10.8 Å². The maximum absolute atomic E-state index is 10.9. The van der Waals surface area contributed by atoms with Crippen LogP contribution in [0.3, 0.4) is 0 Å². The summed E-state index contributed by atoms with van der Waals surface area (Å²) in [6.07, 6.45) is 2.12. The zero-order valence-corrected chi connectivity index (χ0v) is 12.7. The highest BCUT2D eigenvalue weighted by Crippen LogP contribution is 2.30. The lowest BCUT2D eigenvalue weighted by molar-refractivity contribution is -0.138. The molecule has 2 rings (SSSR count). The Morgan fingerprint density at radius 1 is 1.43 bits per heavy atom. The molecule has 0 saturated carbocycles. The van der Waals surface area contributed by atoms with Gasteiger partial charge in [0.05, 0.1) is 5.69 Å². The number of carboxylic acids is 1. The van der Waals surface area contributed by atoms with E-state index >= 15 is 0 Å². The molecule has 0 aliphatic carbocycles. The number of unbranched alkanes of at least 4 members (excludes halogenated alkanes) is 1. The molecule has 0 amide bonds. The average Bonchev–Trinajstić information content (AvgIpc) is 2.97. The van der Waals surface area contributed by atoms with Crippen molar-refractivity contribution in [1.29, 1.82) is 0 Å². The molecule has 2 aromatic rings. The largest absolute Gasteiger partial charge is 0.480 e. The molecule has 0 fully saturated rings. The number of nitrogens with two attached hydrogens (primary N) is 1. The highest BCUT2D eigenvalue weighted by atomic mass is 32.1. The Balaban J connectivity index is 2.27. The normalized spacial score (nSPS) is 12.1. The fraction of sp³-hybridized carbons (Fsp3) is 0.333. The minimum absolute atomic E-state index is 0.403. The third-order valence-corrected chi connectivity index (χ3v) is 4.01. The molecule has 0 spiro atoms. The second kappa shape index (κ2) is 7.19. The molecule has 0 radical (unpaired) electrons. The van der Waals surface area contributed by atoms with Gasteiger partial charge in [0.1, 0.15) is 6.04 Å². The molecule has 21 heavy (non-hydrogen) atoms. The Labute approximate surface area is 128 Å². The number of benzene rings is 1. The van der Waals surface area contributed by atoms with Crippen LogP contribution in [0.2, 0.25) is 0 Å². The predicted molar refractivity (Wildman–Crippen MR) is 85.0 cm³/mol. The van der Waals surface area contributed by atoms with E-state index in [1.54, 1.807) is 5.38 Å². The van der Waals surface area contributed by atoms with E-state index < -0.39 is 12.0 Å². The van der Waals surface area contributed by atoms with Crippen LogP contribution in [0, 0.1) is 0 Å². The lowest BCUT2D eigenvalue weighted by Gasteiger charge is -2.21. The maximum Gasteiger partial charge on any atom is 0.326 e. The topological polar surface area (TPSA) is 79.5 Å². The van der Waals surface area contributed by atoms with Crippen molar-refractivity contribution in [3.63, 3.8) is 0 Å². The Morgan fingerprint density at radius 2 is 2.14 bits per heavy atom. The van der Waals surface area contributed by atoms with Crippen LogP contribution < -0.4 is 10.6 Å². The van der Waals surface area contributed by atoms with Crippen LogP contribution in [0.5, 0.6) is 0 Å². The Bertz CT molecular complexity index is 586. The lowest BCUT2D eigenvalue weighted by Crippen LogP contribution is -2.22. The maximum atomic E-state index is 10.9. The summed E-state index contributed by atoms with van der Waals surface area (Å²) in [7, 11) is 0. The molecule has 0 bridgehead atoms. The minimum atomic E-state index is -1.07. The number of nitrogens with zero attached hydrogens (tertiary/aromatic N) is 2. The van der Waals surface area contributed by atoms with Crippen LogP contribution in [0.25, 0.3) is 0 Å². The Morgan fingerprint density at radius 3 is 2.76 bits per heavy atom. The van der Waals surface area contributed by atoms with E-state index in [1.807, 2.05) is 30.3 Å². The number of anilines is 2. The van der Waals surface area contributed by atoms with Crippen molar-refractivity contribution < 1.29 is 9.90 Å². The predicted octanol–water partition coefficient (Wildman–Crippen LogP) is 3.17. The highest BCUT2D eigenvalue weighted by Gasteiger charge is 2.20. The zero-order valence-electron chi connectivity index (χ0n) is 11.9. The molecule has 1 heterocycles. The van der Waals surface area contributed by atoms with Gasteiger partial charge in [-0.25, -0.2) is 4.98 Å². The highest BCUT2D eigenvalue weighted by molar-refractivity contribution is 7.13. The van der Waals surface area contributed by atoms with Crippen LogP contribution >= 0.6 is 11.3 Å². The summed E-state index contributed by atoms with van der Waals surface area (Å²) in [5.74, 6) is -1.06. The van der Waals surface area contributed by atoms with Crippen molar-refractivity contribution in [2.75, 3.05) is 11.4 Å². The number of carboxylic acid groups (broad SMARTS) is 1. The fourth-order valence-corrected chi connectivity index (χ4v) is 2.84. The molecule has 1 aromatic carbocycles. The van der Waals surface area contributed by atoms with Gasteiger partial charge in [-0.1, -0.05) is 31.5 Å². The summed E-state index contributed by atoms with van der Waals surface area (Å²) in [6.45, 7) is 2.98. The van der Waals surface area contributed by atoms with Gasteiger partial charge < -0.3 is 15.7 Å². The number of para-hydroxylation sites is 1. The minimum Gasteiger partial charge on any atom is -0.480 e. The van der Waals surface area contributed by atoms with Crippen LogP contribution in [-0.4, -0.2) is 22.6 Å². The van der Waals surface area contributed by atoms with E-state index in [0.29, 0.717) is 5.69 Å². The van der Waals surface area contributed by atoms with E-state index in [2.05, 4.69) is 16.8 Å². The number of rotatable bonds is 7. The standard InChI is InChI=1S/C15H19N3O2S/c1-2-3-9-18(11-7-5-4-6-8-11)15-17-12(10-21-15)13(16)14(19)20/h4-8,10,13H,2-3,9,16H2,1H3,(H,19,20). The van der Waals surface area contributed by atoms with Gasteiger partial charge in [-0.05, 0) is 18.6 Å². The van der Waals surface area contributed by atoms with Crippen LogP contribution in [0.1, 0.15) is 31.5 Å². The first-order valence-electron chi connectivity index (χ1n) is 6.90. The molecule has 5 nitrogen and oxygen atoms in total. The number of hydrogen-bond donors (Lipinski definition) is 2. The first-order valence-corrected chi connectivity index (χ1v) is 7.78. The fourth-order valence-electron chi connectivity index (χ4n) is 1.93. The first-order chi connectivity index (χ1) is 10.1.